The molecule has 0 saturated carbocycles. The van der Waals surface area contributed by atoms with Crippen molar-refractivity contribution in [3.63, 3.8) is 0 Å². The van der Waals surface area contributed by atoms with Crippen LogP contribution in [0.25, 0.3) is 0 Å². The highest BCUT2D eigenvalue weighted by molar-refractivity contribution is 9.10. The van der Waals surface area contributed by atoms with Crippen LogP contribution in [0.3, 0.4) is 0 Å². The van der Waals surface area contributed by atoms with Gasteiger partial charge in [-0.25, -0.2) is 0 Å². The minimum Gasteiger partial charge on any atom is -0.381 e. The summed E-state index contributed by atoms with van der Waals surface area (Å²) >= 11 is 3.56. The van der Waals surface area contributed by atoms with Crippen LogP contribution in [0.2, 0.25) is 0 Å². The molecule has 0 bridgehead atoms. The van der Waals surface area contributed by atoms with Crippen LogP contribution in [-0.4, -0.2) is 31.6 Å². The first kappa shape index (κ1) is 21.5. The van der Waals surface area contributed by atoms with Crippen LogP contribution in [0.5, 0.6) is 0 Å². The van der Waals surface area contributed by atoms with Crippen LogP contribution >= 0.6 is 15.9 Å². The average Bonchev–Trinajstić information content (AvgIpc) is 2.73. The number of halogens is 1. The standard InChI is InChI=1S/C23H27BrN2O3/c1-17(27)26-21(18-6-3-2-4-7-18)15-22(28)25-16-23(10-12-29-13-11-23)19-8-5-9-20(24)14-19/h2-9,14,21H,10-13,15-16H2,1H3,(H,25,28)(H,26,27). The molecule has 1 saturated heterocycles. The van der Waals surface area contributed by atoms with Crippen LogP contribution in [-0.2, 0) is 19.7 Å². The molecule has 0 radical (unpaired) electrons. The van der Waals surface area contributed by atoms with Crippen molar-refractivity contribution in [1.29, 1.82) is 0 Å². The Bertz CT molecular complexity index is 835. The molecule has 2 amide bonds. The molecule has 2 aromatic rings. The Morgan fingerprint density at radius 1 is 1.10 bits per heavy atom. The SMILES string of the molecule is CC(=O)NC(CC(=O)NCC1(c2cccc(Br)c2)CCOCC1)c1ccccc1. The zero-order valence-electron chi connectivity index (χ0n) is 16.6. The first-order valence-electron chi connectivity index (χ1n) is 9.91. The molecular formula is C23H27BrN2O3. The van der Waals surface area contributed by atoms with Crippen LogP contribution in [0, 0.1) is 0 Å². The molecule has 1 aliphatic rings. The van der Waals surface area contributed by atoms with Crippen molar-refractivity contribution in [3.8, 4) is 0 Å². The zero-order chi connectivity index (χ0) is 20.7. The number of nitrogens with one attached hydrogen (secondary N) is 2. The molecule has 29 heavy (non-hydrogen) atoms. The smallest absolute Gasteiger partial charge is 0.222 e. The van der Waals surface area contributed by atoms with Gasteiger partial charge in [0.2, 0.25) is 11.8 Å². The van der Waals surface area contributed by atoms with E-state index >= 15 is 0 Å². The highest BCUT2D eigenvalue weighted by Crippen LogP contribution is 2.35. The quantitative estimate of drug-likeness (QED) is 0.661. The van der Waals surface area contributed by atoms with Gasteiger partial charge in [-0.1, -0.05) is 58.4 Å². The molecule has 1 atom stereocenters. The summed E-state index contributed by atoms with van der Waals surface area (Å²) in [6, 6.07) is 17.5. The van der Waals surface area contributed by atoms with Gasteiger partial charge in [-0.15, -0.1) is 0 Å². The van der Waals surface area contributed by atoms with Crippen molar-refractivity contribution < 1.29 is 14.3 Å². The number of carbonyl (C=O) groups is 2. The highest BCUT2D eigenvalue weighted by atomic mass is 79.9. The monoisotopic (exact) mass is 458 g/mol. The molecular weight excluding hydrogens is 432 g/mol. The maximum Gasteiger partial charge on any atom is 0.222 e. The second-order valence-corrected chi connectivity index (χ2v) is 8.46. The van der Waals surface area contributed by atoms with E-state index in [1.54, 1.807) is 0 Å². The van der Waals surface area contributed by atoms with E-state index in [1.165, 1.54) is 12.5 Å². The fourth-order valence-electron chi connectivity index (χ4n) is 3.86. The number of rotatable bonds is 7. The summed E-state index contributed by atoms with van der Waals surface area (Å²) in [5.74, 6) is -0.227. The molecule has 1 unspecified atom stereocenters. The third-order valence-electron chi connectivity index (χ3n) is 5.48. The van der Waals surface area contributed by atoms with Crippen LogP contribution < -0.4 is 10.6 Å². The van der Waals surface area contributed by atoms with E-state index in [0.717, 1.165) is 22.9 Å². The maximum absolute atomic E-state index is 12.8. The second kappa shape index (κ2) is 10.0. The fourth-order valence-corrected chi connectivity index (χ4v) is 4.26. The molecule has 2 aromatic carbocycles. The summed E-state index contributed by atoms with van der Waals surface area (Å²) < 4.78 is 6.61. The lowest BCUT2D eigenvalue weighted by molar-refractivity contribution is -0.123. The topological polar surface area (TPSA) is 67.4 Å². The highest BCUT2D eigenvalue weighted by Gasteiger charge is 2.35. The summed E-state index contributed by atoms with van der Waals surface area (Å²) in [4.78, 5) is 24.4. The van der Waals surface area contributed by atoms with Crippen LogP contribution in [0.15, 0.2) is 59.1 Å². The van der Waals surface area contributed by atoms with Gasteiger partial charge in [-0.2, -0.15) is 0 Å². The van der Waals surface area contributed by atoms with Crippen molar-refractivity contribution in [1.82, 2.24) is 10.6 Å². The molecule has 1 aliphatic heterocycles. The Kier molecular flexibility index (Phi) is 7.45. The molecule has 0 aliphatic carbocycles. The molecule has 2 N–H and O–H groups in total. The van der Waals surface area contributed by atoms with Gasteiger partial charge >= 0.3 is 0 Å². The Morgan fingerprint density at radius 2 is 1.83 bits per heavy atom. The molecule has 0 spiro atoms. The van der Waals surface area contributed by atoms with E-state index in [9.17, 15) is 9.59 Å². The summed E-state index contributed by atoms with van der Waals surface area (Å²) in [7, 11) is 0. The number of carbonyl (C=O) groups excluding carboxylic acids is 2. The Hall–Kier alpha value is -2.18. The van der Waals surface area contributed by atoms with Gasteiger partial charge in [-0.05, 0) is 36.1 Å². The zero-order valence-corrected chi connectivity index (χ0v) is 18.2. The summed E-state index contributed by atoms with van der Waals surface area (Å²) in [6.07, 6.45) is 1.92. The number of hydrogen-bond acceptors (Lipinski definition) is 3. The molecule has 0 aromatic heterocycles. The van der Waals surface area contributed by atoms with Crippen LogP contribution in [0.4, 0.5) is 0 Å². The molecule has 3 rings (SSSR count). The summed E-state index contributed by atoms with van der Waals surface area (Å²) in [5, 5.41) is 6.01. The molecule has 6 heteroatoms. The van der Waals surface area contributed by atoms with Gasteiger partial charge in [0.25, 0.3) is 0 Å². The normalized spacial score (nSPS) is 16.6. The Balaban J connectivity index is 1.70. The fraction of sp³-hybridized carbons (Fsp3) is 0.391. The van der Waals surface area contributed by atoms with E-state index in [2.05, 4.69) is 38.7 Å². The van der Waals surface area contributed by atoms with Gasteiger partial charge in [-0.3, -0.25) is 9.59 Å². The van der Waals surface area contributed by atoms with Gasteiger partial charge in [0.15, 0.2) is 0 Å². The van der Waals surface area contributed by atoms with Gasteiger partial charge < -0.3 is 15.4 Å². The molecule has 154 valence electrons. The Labute approximate surface area is 180 Å². The number of benzene rings is 2. The molecule has 1 heterocycles. The van der Waals surface area contributed by atoms with Gasteiger partial charge in [0.1, 0.15) is 0 Å². The van der Waals surface area contributed by atoms with Crippen molar-refractivity contribution in [2.24, 2.45) is 0 Å². The third kappa shape index (κ3) is 5.90. The Morgan fingerprint density at radius 3 is 2.48 bits per heavy atom. The van der Waals surface area contributed by atoms with E-state index in [4.69, 9.17) is 4.74 Å². The average molecular weight is 459 g/mol. The summed E-state index contributed by atoms with van der Waals surface area (Å²) in [6.45, 7) is 3.38. The van der Waals surface area contributed by atoms with Crippen molar-refractivity contribution in [2.75, 3.05) is 19.8 Å². The van der Waals surface area contributed by atoms with Gasteiger partial charge in [0, 0.05) is 36.6 Å². The molecule has 1 fully saturated rings. The first-order chi connectivity index (χ1) is 14.0. The summed E-state index contributed by atoms with van der Waals surface area (Å²) in [5.41, 5.74) is 1.98. The number of amides is 2. The van der Waals surface area contributed by atoms with Gasteiger partial charge in [0.05, 0.1) is 12.5 Å². The predicted molar refractivity (Wildman–Crippen MR) is 116 cm³/mol. The lowest BCUT2D eigenvalue weighted by Crippen LogP contribution is -2.45. The predicted octanol–water partition coefficient (Wildman–Crippen LogP) is 3.88. The van der Waals surface area contributed by atoms with E-state index in [0.29, 0.717) is 19.8 Å². The minimum absolute atomic E-state index is 0.0755. The van der Waals surface area contributed by atoms with E-state index in [-0.39, 0.29) is 29.7 Å². The first-order valence-corrected chi connectivity index (χ1v) is 10.7. The number of hydrogen-bond donors (Lipinski definition) is 2. The third-order valence-corrected chi connectivity index (χ3v) is 5.97. The number of ether oxygens (including phenoxy) is 1. The van der Waals surface area contributed by atoms with Crippen molar-refractivity contribution in [3.05, 3.63) is 70.2 Å². The van der Waals surface area contributed by atoms with Crippen molar-refractivity contribution >= 4 is 27.7 Å². The van der Waals surface area contributed by atoms with E-state index < -0.39 is 0 Å². The second-order valence-electron chi connectivity index (χ2n) is 7.55. The minimum atomic E-state index is -0.342. The largest absolute Gasteiger partial charge is 0.381 e. The van der Waals surface area contributed by atoms with Crippen molar-refractivity contribution in [2.45, 2.75) is 37.6 Å². The van der Waals surface area contributed by atoms with E-state index in [1.807, 2.05) is 42.5 Å². The lowest BCUT2D eigenvalue weighted by Gasteiger charge is -2.38. The maximum atomic E-state index is 12.8. The molecule has 5 nitrogen and oxygen atoms in total. The lowest BCUT2D eigenvalue weighted by atomic mass is 9.74. The van der Waals surface area contributed by atoms with Crippen LogP contribution in [0.1, 0.15) is 43.4 Å².